The fraction of sp³-hybridized carbons (Fsp3) is 0.111. The van der Waals surface area contributed by atoms with E-state index >= 15 is 0 Å². The Balaban J connectivity index is 1.67. The molecule has 2 aromatic heterocycles. The van der Waals surface area contributed by atoms with Gasteiger partial charge in [-0.2, -0.15) is 0 Å². The number of nitrogens with zero attached hydrogens (tertiary/aromatic N) is 1. The van der Waals surface area contributed by atoms with Crippen LogP contribution in [0.25, 0.3) is 0 Å². The summed E-state index contributed by atoms with van der Waals surface area (Å²) in [6.07, 6.45) is 3.17. The second kappa shape index (κ2) is 6.79. The number of hydrogen-bond acceptors (Lipinski definition) is 4. The van der Waals surface area contributed by atoms with E-state index in [2.05, 4.69) is 10.3 Å². The van der Waals surface area contributed by atoms with Crippen LogP contribution in [0.5, 0.6) is 5.75 Å². The van der Waals surface area contributed by atoms with Crippen molar-refractivity contribution in [1.82, 2.24) is 4.98 Å². The Hall–Kier alpha value is -3.08. The fourth-order valence-corrected chi connectivity index (χ4v) is 2.04. The Morgan fingerprint density at radius 2 is 2.00 bits per heavy atom. The van der Waals surface area contributed by atoms with E-state index < -0.39 is 0 Å². The van der Waals surface area contributed by atoms with Crippen molar-refractivity contribution in [3.63, 3.8) is 0 Å². The third-order valence-electron chi connectivity index (χ3n) is 3.24. The Labute approximate surface area is 133 Å². The van der Waals surface area contributed by atoms with Crippen molar-refractivity contribution in [2.75, 3.05) is 5.32 Å². The van der Waals surface area contributed by atoms with Gasteiger partial charge in [-0.15, -0.1) is 0 Å². The van der Waals surface area contributed by atoms with Crippen LogP contribution >= 0.6 is 0 Å². The van der Waals surface area contributed by atoms with Gasteiger partial charge < -0.3 is 14.5 Å². The zero-order valence-electron chi connectivity index (χ0n) is 12.7. The highest BCUT2D eigenvalue weighted by molar-refractivity contribution is 6.02. The Morgan fingerprint density at radius 1 is 1.17 bits per heavy atom. The molecule has 5 nitrogen and oxygen atoms in total. The SMILES string of the molecule is Cc1ccc(NC(=O)c2occc2COc2ccccc2)nc1. The topological polar surface area (TPSA) is 64.4 Å². The smallest absolute Gasteiger partial charge is 0.292 e. The summed E-state index contributed by atoms with van der Waals surface area (Å²) < 4.78 is 10.9. The van der Waals surface area contributed by atoms with Gasteiger partial charge in [-0.05, 0) is 36.8 Å². The number of benzene rings is 1. The van der Waals surface area contributed by atoms with E-state index in [1.807, 2.05) is 43.3 Å². The molecule has 3 rings (SSSR count). The van der Waals surface area contributed by atoms with Gasteiger partial charge in [0.2, 0.25) is 0 Å². The van der Waals surface area contributed by atoms with Crippen LogP contribution in [0, 0.1) is 6.92 Å². The lowest BCUT2D eigenvalue weighted by atomic mass is 10.2. The largest absolute Gasteiger partial charge is 0.489 e. The lowest BCUT2D eigenvalue weighted by Gasteiger charge is -2.07. The summed E-state index contributed by atoms with van der Waals surface area (Å²) in [6.45, 7) is 2.19. The molecule has 23 heavy (non-hydrogen) atoms. The maximum Gasteiger partial charge on any atom is 0.292 e. The Kier molecular flexibility index (Phi) is 4.38. The van der Waals surface area contributed by atoms with E-state index in [4.69, 9.17) is 9.15 Å². The number of aryl methyl sites for hydroxylation is 1. The molecule has 0 unspecified atom stereocenters. The van der Waals surface area contributed by atoms with Crippen LogP contribution in [0.1, 0.15) is 21.7 Å². The molecule has 116 valence electrons. The average molecular weight is 308 g/mol. The van der Waals surface area contributed by atoms with Crippen LogP contribution in [0.4, 0.5) is 5.82 Å². The number of amides is 1. The number of anilines is 1. The number of nitrogens with one attached hydrogen (secondary N) is 1. The number of carbonyl (C=O) groups excluding carboxylic acids is 1. The second-order valence-corrected chi connectivity index (χ2v) is 5.05. The first kappa shape index (κ1) is 14.8. The van der Waals surface area contributed by atoms with Crippen molar-refractivity contribution in [3.8, 4) is 5.75 Å². The van der Waals surface area contributed by atoms with Crippen molar-refractivity contribution >= 4 is 11.7 Å². The molecule has 0 aliphatic carbocycles. The number of carbonyl (C=O) groups is 1. The van der Waals surface area contributed by atoms with Gasteiger partial charge in [0.1, 0.15) is 18.2 Å². The van der Waals surface area contributed by atoms with Crippen LogP contribution in [0.3, 0.4) is 0 Å². The highest BCUT2D eigenvalue weighted by Crippen LogP contribution is 2.17. The van der Waals surface area contributed by atoms with Crippen LogP contribution < -0.4 is 10.1 Å². The molecular weight excluding hydrogens is 292 g/mol. The van der Waals surface area contributed by atoms with Gasteiger partial charge in [-0.25, -0.2) is 4.98 Å². The molecule has 0 atom stereocenters. The summed E-state index contributed by atoms with van der Waals surface area (Å²) in [5, 5.41) is 2.71. The zero-order chi connectivity index (χ0) is 16.1. The van der Waals surface area contributed by atoms with Crippen LogP contribution in [-0.4, -0.2) is 10.9 Å². The molecule has 0 saturated carbocycles. The lowest BCUT2D eigenvalue weighted by Crippen LogP contribution is -2.14. The molecule has 0 fully saturated rings. The maximum atomic E-state index is 12.3. The van der Waals surface area contributed by atoms with Crippen LogP contribution in [0.15, 0.2) is 65.4 Å². The minimum Gasteiger partial charge on any atom is -0.489 e. The fourth-order valence-electron chi connectivity index (χ4n) is 2.04. The second-order valence-electron chi connectivity index (χ2n) is 5.05. The summed E-state index contributed by atoms with van der Waals surface area (Å²) in [5.41, 5.74) is 1.71. The van der Waals surface area contributed by atoms with Gasteiger partial charge in [0.15, 0.2) is 5.76 Å². The van der Waals surface area contributed by atoms with E-state index in [1.54, 1.807) is 18.3 Å². The molecule has 1 amide bonds. The highest BCUT2D eigenvalue weighted by Gasteiger charge is 2.16. The van der Waals surface area contributed by atoms with Crippen LogP contribution in [0.2, 0.25) is 0 Å². The first-order valence-corrected chi connectivity index (χ1v) is 7.20. The van der Waals surface area contributed by atoms with Crippen molar-refractivity contribution in [1.29, 1.82) is 0 Å². The Bertz CT molecular complexity index is 780. The molecule has 5 heteroatoms. The minimum absolute atomic E-state index is 0.225. The highest BCUT2D eigenvalue weighted by atomic mass is 16.5. The lowest BCUT2D eigenvalue weighted by molar-refractivity contribution is 0.0993. The van der Waals surface area contributed by atoms with Gasteiger partial charge in [0.25, 0.3) is 5.91 Å². The van der Waals surface area contributed by atoms with E-state index in [9.17, 15) is 4.79 Å². The van der Waals surface area contributed by atoms with Gasteiger partial charge in [-0.3, -0.25) is 4.79 Å². The number of rotatable bonds is 5. The van der Waals surface area contributed by atoms with Crippen molar-refractivity contribution in [3.05, 3.63) is 77.9 Å². The molecule has 0 aliphatic heterocycles. The predicted octanol–water partition coefficient (Wildman–Crippen LogP) is 3.81. The molecule has 0 saturated heterocycles. The standard InChI is InChI=1S/C18H16N2O3/c1-13-7-8-16(19-11-13)20-18(21)17-14(9-10-22-17)12-23-15-5-3-2-4-6-15/h2-11H,12H2,1H3,(H,19,20,21). The first-order chi connectivity index (χ1) is 11.2. The van der Waals surface area contributed by atoms with Crippen molar-refractivity contribution in [2.45, 2.75) is 13.5 Å². The van der Waals surface area contributed by atoms with Gasteiger partial charge in [0.05, 0.1) is 6.26 Å². The molecule has 0 bridgehead atoms. The molecule has 0 spiro atoms. The number of para-hydroxylation sites is 1. The van der Waals surface area contributed by atoms with Crippen molar-refractivity contribution < 1.29 is 13.9 Å². The van der Waals surface area contributed by atoms with E-state index in [0.717, 1.165) is 11.3 Å². The molecule has 1 N–H and O–H groups in total. The maximum absolute atomic E-state index is 12.3. The molecule has 0 radical (unpaired) electrons. The number of hydrogen-bond donors (Lipinski definition) is 1. The van der Waals surface area contributed by atoms with Crippen molar-refractivity contribution in [2.24, 2.45) is 0 Å². The van der Waals surface area contributed by atoms with Gasteiger partial charge in [-0.1, -0.05) is 24.3 Å². The average Bonchev–Trinajstić information content (AvgIpc) is 3.05. The summed E-state index contributed by atoms with van der Waals surface area (Å²) >= 11 is 0. The summed E-state index contributed by atoms with van der Waals surface area (Å²) in [5.74, 6) is 1.09. The summed E-state index contributed by atoms with van der Waals surface area (Å²) in [4.78, 5) is 16.4. The number of pyridine rings is 1. The molecular formula is C18H16N2O3. The van der Waals surface area contributed by atoms with E-state index in [1.165, 1.54) is 6.26 Å². The molecule has 1 aromatic carbocycles. The first-order valence-electron chi connectivity index (χ1n) is 7.20. The summed E-state index contributed by atoms with van der Waals surface area (Å²) in [7, 11) is 0. The number of aromatic nitrogens is 1. The molecule has 0 aliphatic rings. The molecule has 3 aromatic rings. The number of ether oxygens (including phenoxy) is 1. The van der Waals surface area contributed by atoms with Crippen LogP contribution in [-0.2, 0) is 6.61 Å². The Morgan fingerprint density at radius 3 is 2.74 bits per heavy atom. The number of furan rings is 1. The third kappa shape index (κ3) is 3.77. The monoisotopic (exact) mass is 308 g/mol. The molecule has 2 heterocycles. The minimum atomic E-state index is -0.349. The normalized spacial score (nSPS) is 10.3. The quantitative estimate of drug-likeness (QED) is 0.778. The van der Waals surface area contributed by atoms with Gasteiger partial charge in [0, 0.05) is 11.8 Å². The van der Waals surface area contributed by atoms with Gasteiger partial charge >= 0.3 is 0 Å². The third-order valence-corrected chi connectivity index (χ3v) is 3.24. The predicted molar refractivity (Wildman–Crippen MR) is 86.4 cm³/mol. The van der Waals surface area contributed by atoms with E-state index in [0.29, 0.717) is 11.4 Å². The zero-order valence-corrected chi connectivity index (χ0v) is 12.7. The van der Waals surface area contributed by atoms with E-state index in [-0.39, 0.29) is 18.3 Å². The summed E-state index contributed by atoms with van der Waals surface area (Å²) in [6, 6.07) is 14.8.